The van der Waals surface area contributed by atoms with Crippen molar-refractivity contribution in [1.82, 2.24) is 0 Å². The molecular formula is C19H31NO. The zero-order valence-corrected chi connectivity index (χ0v) is 13.9. The highest BCUT2D eigenvalue weighted by Crippen LogP contribution is 2.41. The molecule has 1 aromatic carbocycles. The van der Waals surface area contributed by atoms with E-state index in [1.54, 1.807) is 0 Å². The van der Waals surface area contributed by atoms with Crippen LogP contribution in [0.1, 0.15) is 59.3 Å². The number of ether oxygens (including phenoxy) is 1. The van der Waals surface area contributed by atoms with Gasteiger partial charge in [0.25, 0.3) is 0 Å². The second-order valence-electron chi connectivity index (χ2n) is 7.77. The Morgan fingerprint density at radius 3 is 2.33 bits per heavy atom. The third-order valence-electron chi connectivity index (χ3n) is 5.04. The maximum atomic E-state index is 6.59. The summed E-state index contributed by atoms with van der Waals surface area (Å²) in [4.78, 5) is 0. The van der Waals surface area contributed by atoms with E-state index in [2.05, 4.69) is 20.8 Å². The van der Waals surface area contributed by atoms with Gasteiger partial charge in [0.15, 0.2) is 0 Å². The summed E-state index contributed by atoms with van der Waals surface area (Å²) < 4.78 is 5.76. The lowest BCUT2D eigenvalue weighted by atomic mass is 9.66. The highest BCUT2D eigenvalue weighted by atomic mass is 16.5. The van der Waals surface area contributed by atoms with Gasteiger partial charge in [-0.2, -0.15) is 0 Å². The summed E-state index contributed by atoms with van der Waals surface area (Å²) >= 11 is 0. The molecule has 1 aliphatic carbocycles. The van der Waals surface area contributed by atoms with Crippen molar-refractivity contribution in [2.24, 2.45) is 17.1 Å². The van der Waals surface area contributed by atoms with Crippen molar-refractivity contribution in [2.75, 3.05) is 6.61 Å². The van der Waals surface area contributed by atoms with Crippen LogP contribution >= 0.6 is 0 Å². The molecule has 0 aliphatic heterocycles. The lowest BCUT2D eigenvalue weighted by Gasteiger charge is -2.42. The molecule has 1 saturated carbocycles. The predicted molar refractivity (Wildman–Crippen MR) is 89.5 cm³/mol. The van der Waals surface area contributed by atoms with Crippen molar-refractivity contribution < 1.29 is 4.74 Å². The van der Waals surface area contributed by atoms with Crippen molar-refractivity contribution in [3.63, 3.8) is 0 Å². The second-order valence-corrected chi connectivity index (χ2v) is 7.77. The van der Waals surface area contributed by atoms with Crippen molar-refractivity contribution in [1.29, 1.82) is 0 Å². The summed E-state index contributed by atoms with van der Waals surface area (Å²) in [6, 6.07) is 10.0. The average molecular weight is 289 g/mol. The minimum absolute atomic E-state index is 0.0435. The Morgan fingerprint density at radius 2 is 1.76 bits per heavy atom. The van der Waals surface area contributed by atoms with Crippen LogP contribution in [0.15, 0.2) is 30.3 Å². The molecule has 21 heavy (non-hydrogen) atoms. The highest BCUT2D eigenvalue weighted by Gasteiger charge is 2.35. The van der Waals surface area contributed by atoms with E-state index in [9.17, 15) is 0 Å². The molecule has 118 valence electrons. The number of rotatable bonds is 5. The number of benzene rings is 1. The van der Waals surface area contributed by atoms with E-state index in [1.165, 1.54) is 25.7 Å². The molecule has 0 unspecified atom stereocenters. The van der Waals surface area contributed by atoms with Crippen LogP contribution < -0.4 is 10.5 Å². The van der Waals surface area contributed by atoms with E-state index in [1.807, 2.05) is 30.3 Å². The predicted octanol–water partition coefficient (Wildman–Crippen LogP) is 4.78. The fourth-order valence-electron chi connectivity index (χ4n) is 3.44. The molecule has 0 saturated heterocycles. The molecule has 2 heteroatoms. The summed E-state index contributed by atoms with van der Waals surface area (Å²) in [6.07, 6.45) is 7.02. The van der Waals surface area contributed by atoms with Gasteiger partial charge in [-0.3, -0.25) is 0 Å². The van der Waals surface area contributed by atoms with E-state index in [-0.39, 0.29) is 5.54 Å². The summed E-state index contributed by atoms with van der Waals surface area (Å²) in [5.74, 6) is 1.79. The lowest BCUT2D eigenvalue weighted by molar-refractivity contribution is 0.125. The van der Waals surface area contributed by atoms with Gasteiger partial charge in [0.05, 0.1) is 6.61 Å². The molecule has 0 amide bonds. The summed E-state index contributed by atoms with van der Waals surface area (Å²) in [5.41, 5.74) is 7.06. The number of nitrogens with two attached hydrogens (primary N) is 1. The third kappa shape index (κ3) is 5.03. The Balaban J connectivity index is 1.69. The topological polar surface area (TPSA) is 35.2 Å². The van der Waals surface area contributed by atoms with Crippen LogP contribution in [0, 0.1) is 11.3 Å². The maximum absolute atomic E-state index is 6.59. The molecule has 2 N–H and O–H groups in total. The molecule has 1 aromatic rings. The van der Waals surface area contributed by atoms with E-state index in [0.717, 1.165) is 31.1 Å². The van der Waals surface area contributed by atoms with E-state index in [4.69, 9.17) is 10.5 Å². The van der Waals surface area contributed by atoms with Gasteiger partial charge in [-0.05, 0) is 62.0 Å². The molecule has 0 atom stereocenters. The average Bonchev–Trinajstić information content (AvgIpc) is 2.44. The first-order chi connectivity index (χ1) is 9.89. The zero-order valence-electron chi connectivity index (χ0n) is 13.9. The van der Waals surface area contributed by atoms with Crippen LogP contribution in [-0.2, 0) is 0 Å². The molecule has 0 spiro atoms. The van der Waals surface area contributed by atoms with Gasteiger partial charge < -0.3 is 10.5 Å². The number of para-hydroxylation sites is 1. The number of hydrogen-bond donors (Lipinski definition) is 1. The first-order valence-corrected chi connectivity index (χ1v) is 8.36. The van der Waals surface area contributed by atoms with E-state index >= 15 is 0 Å². The Labute approximate surface area is 130 Å². The fraction of sp³-hybridized carbons (Fsp3) is 0.684. The van der Waals surface area contributed by atoms with Gasteiger partial charge in [0.1, 0.15) is 5.75 Å². The van der Waals surface area contributed by atoms with Crippen LogP contribution in [0.3, 0.4) is 0 Å². The normalized spacial score (nSPS) is 26.6. The summed E-state index contributed by atoms with van der Waals surface area (Å²) in [7, 11) is 0. The van der Waals surface area contributed by atoms with Crippen molar-refractivity contribution in [2.45, 2.75) is 64.8 Å². The van der Waals surface area contributed by atoms with Crippen molar-refractivity contribution >= 4 is 0 Å². The first-order valence-electron chi connectivity index (χ1n) is 8.36. The minimum Gasteiger partial charge on any atom is -0.494 e. The summed E-state index contributed by atoms with van der Waals surface area (Å²) in [5, 5.41) is 0. The van der Waals surface area contributed by atoms with E-state index in [0.29, 0.717) is 5.41 Å². The monoisotopic (exact) mass is 289 g/mol. The molecular weight excluding hydrogens is 258 g/mol. The minimum atomic E-state index is 0.0435. The second kappa shape index (κ2) is 6.83. The van der Waals surface area contributed by atoms with Crippen LogP contribution in [0.5, 0.6) is 5.75 Å². The molecule has 2 nitrogen and oxygen atoms in total. The van der Waals surface area contributed by atoms with Gasteiger partial charge in [-0.25, -0.2) is 0 Å². The van der Waals surface area contributed by atoms with Crippen LogP contribution in [0.2, 0.25) is 0 Å². The lowest BCUT2D eigenvalue weighted by Crippen LogP contribution is -2.45. The van der Waals surface area contributed by atoms with Gasteiger partial charge in [-0.15, -0.1) is 0 Å². The SMILES string of the molecule is CC(C)(C)C1CCC(N)(CCCOc2ccccc2)CC1. The largest absolute Gasteiger partial charge is 0.494 e. The molecule has 1 fully saturated rings. The summed E-state index contributed by atoms with van der Waals surface area (Å²) in [6.45, 7) is 7.84. The van der Waals surface area contributed by atoms with Crippen LogP contribution in [0.25, 0.3) is 0 Å². The fourth-order valence-corrected chi connectivity index (χ4v) is 3.44. The number of hydrogen-bond acceptors (Lipinski definition) is 2. The molecule has 0 aromatic heterocycles. The molecule has 0 radical (unpaired) electrons. The van der Waals surface area contributed by atoms with Gasteiger partial charge in [0.2, 0.25) is 0 Å². The van der Waals surface area contributed by atoms with Crippen molar-refractivity contribution in [3.05, 3.63) is 30.3 Å². The van der Waals surface area contributed by atoms with Gasteiger partial charge in [0, 0.05) is 5.54 Å². The quantitative estimate of drug-likeness (QED) is 0.792. The first kappa shape index (κ1) is 16.4. The van der Waals surface area contributed by atoms with Crippen LogP contribution in [0.4, 0.5) is 0 Å². The zero-order chi connectivity index (χ0) is 15.3. The molecule has 1 aliphatic rings. The third-order valence-corrected chi connectivity index (χ3v) is 5.04. The van der Waals surface area contributed by atoms with E-state index < -0.39 is 0 Å². The van der Waals surface area contributed by atoms with Crippen molar-refractivity contribution in [3.8, 4) is 5.75 Å². The van der Waals surface area contributed by atoms with Gasteiger partial charge in [-0.1, -0.05) is 39.0 Å². The molecule has 0 heterocycles. The Morgan fingerprint density at radius 1 is 1.14 bits per heavy atom. The Bertz CT molecular complexity index is 413. The Kier molecular flexibility index (Phi) is 5.32. The highest BCUT2D eigenvalue weighted by molar-refractivity contribution is 5.20. The van der Waals surface area contributed by atoms with Gasteiger partial charge >= 0.3 is 0 Å². The smallest absolute Gasteiger partial charge is 0.119 e. The molecule has 0 bridgehead atoms. The maximum Gasteiger partial charge on any atom is 0.119 e. The standard InChI is InChI=1S/C19H31NO/c1-18(2,3)16-10-13-19(20,14-11-16)12-7-15-21-17-8-5-4-6-9-17/h4-6,8-9,16H,7,10-15,20H2,1-3H3. The molecule has 2 rings (SSSR count). The van der Waals surface area contributed by atoms with Crippen LogP contribution in [-0.4, -0.2) is 12.1 Å². The Hall–Kier alpha value is -1.02.